The number of likely N-dealkylation sites (tertiary alicyclic amines) is 1. The maximum Gasteiger partial charge on any atom is 0.312 e. The van der Waals surface area contributed by atoms with Crippen LogP contribution < -0.4 is 9.80 Å². The molecule has 3 fully saturated rings. The Balaban J connectivity index is 1.58. The number of aliphatic hydroxyl groups is 1. The summed E-state index contributed by atoms with van der Waals surface area (Å²) in [5.74, 6) is -3.00. The first kappa shape index (κ1) is 33.4. The van der Waals surface area contributed by atoms with E-state index in [0.717, 1.165) is 24.3 Å². The van der Waals surface area contributed by atoms with Gasteiger partial charge in [-0.2, -0.15) is 0 Å². The van der Waals surface area contributed by atoms with Gasteiger partial charge in [0, 0.05) is 31.0 Å². The third-order valence-corrected chi connectivity index (χ3v) is 10.1. The summed E-state index contributed by atoms with van der Waals surface area (Å²) in [7, 11) is 0. The van der Waals surface area contributed by atoms with Gasteiger partial charge in [-0.25, -0.2) is 0 Å². The number of esters is 1. The lowest BCUT2D eigenvalue weighted by Gasteiger charge is -2.39. The fourth-order valence-corrected chi connectivity index (χ4v) is 7.90. The highest BCUT2D eigenvalue weighted by Crippen LogP contribution is 2.64. The highest BCUT2D eigenvalue weighted by atomic mass is 16.6. The van der Waals surface area contributed by atoms with E-state index in [9.17, 15) is 19.5 Å². The van der Waals surface area contributed by atoms with E-state index in [4.69, 9.17) is 9.47 Å². The molecule has 0 aromatic heterocycles. The van der Waals surface area contributed by atoms with E-state index in [2.05, 4.69) is 31.9 Å². The van der Waals surface area contributed by atoms with Gasteiger partial charge in [0.15, 0.2) is 0 Å². The Morgan fingerprint density at radius 1 is 1.07 bits per heavy atom. The molecular weight excluding hydrogens is 582 g/mol. The van der Waals surface area contributed by atoms with Crippen molar-refractivity contribution >= 4 is 29.2 Å². The SMILES string of the molecule is C=CCCOC(=O)[C@@H]1[C@H]2C(=O)N([C@@H](CO)Cc3ccccc3)C(C(=O)N(CC=C)c3ccc(N(CC)CC)cc3)C23CC[C@@]1(C)O3. The van der Waals surface area contributed by atoms with Crippen LogP contribution in [-0.2, 0) is 30.3 Å². The Kier molecular flexibility index (Phi) is 10.0. The molecule has 6 atom stereocenters. The Labute approximate surface area is 272 Å². The normalized spacial score (nSPS) is 26.8. The van der Waals surface area contributed by atoms with E-state index >= 15 is 0 Å². The zero-order valence-electron chi connectivity index (χ0n) is 27.3. The molecule has 3 aliphatic heterocycles. The van der Waals surface area contributed by atoms with Gasteiger partial charge in [-0.1, -0.05) is 42.5 Å². The van der Waals surface area contributed by atoms with Crippen LogP contribution in [0.25, 0.3) is 0 Å². The van der Waals surface area contributed by atoms with Gasteiger partial charge in [-0.05, 0) is 76.3 Å². The molecule has 2 aromatic rings. The zero-order valence-corrected chi connectivity index (χ0v) is 27.3. The number of aliphatic hydroxyl groups excluding tert-OH is 1. The molecule has 2 amide bonds. The molecule has 3 saturated heterocycles. The first-order chi connectivity index (χ1) is 22.2. The molecule has 3 heterocycles. The molecule has 0 radical (unpaired) electrons. The molecule has 0 saturated carbocycles. The van der Waals surface area contributed by atoms with Gasteiger partial charge >= 0.3 is 5.97 Å². The Morgan fingerprint density at radius 2 is 1.74 bits per heavy atom. The number of anilines is 2. The Morgan fingerprint density at radius 3 is 2.35 bits per heavy atom. The second-order valence-corrected chi connectivity index (χ2v) is 12.7. The first-order valence-electron chi connectivity index (χ1n) is 16.4. The van der Waals surface area contributed by atoms with Crippen molar-refractivity contribution in [2.24, 2.45) is 11.8 Å². The molecule has 2 aromatic carbocycles. The summed E-state index contributed by atoms with van der Waals surface area (Å²) in [6, 6.07) is 15.6. The second kappa shape index (κ2) is 13.8. The number of nitrogens with zero attached hydrogens (tertiary/aromatic N) is 3. The maximum absolute atomic E-state index is 15.0. The molecule has 1 spiro atoms. The molecular formula is C37H47N3O6. The lowest BCUT2D eigenvalue weighted by atomic mass is 9.66. The van der Waals surface area contributed by atoms with E-state index in [-0.39, 0.29) is 31.6 Å². The van der Waals surface area contributed by atoms with Gasteiger partial charge < -0.3 is 29.3 Å². The van der Waals surface area contributed by atoms with E-state index < -0.39 is 41.1 Å². The summed E-state index contributed by atoms with van der Waals surface area (Å²) in [6.07, 6.45) is 5.08. The average Bonchev–Trinajstić information content (AvgIpc) is 3.64. The number of amides is 2. The monoisotopic (exact) mass is 629 g/mol. The van der Waals surface area contributed by atoms with Crippen molar-refractivity contribution in [2.75, 3.05) is 42.6 Å². The smallest absolute Gasteiger partial charge is 0.312 e. The van der Waals surface area contributed by atoms with Gasteiger partial charge in [0.1, 0.15) is 17.6 Å². The molecule has 246 valence electrons. The van der Waals surface area contributed by atoms with Crippen molar-refractivity contribution in [2.45, 2.75) is 69.7 Å². The molecule has 9 heteroatoms. The number of carbonyl (C=O) groups excluding carboxylic acids is 3. The van der Waals surface area contributed by atoms with E-state index in [1.807, 2.05) is 61.5 Å². The predicted molar refractivity (Wildman–Crippen MR) is 178 cm³/mol. The Bertz CT molecular complexity index is 1430. The molecule has 5 rings (SSSR count). The van der Waals surface area contributed by atoms with Crippen molar-refractivity contribution in [3.63, 3.8) is 0 Å². The van der Waals surface area contributed by atoms with Gasteiger partial charge in [0.2, 0.25) is 5.91 Å². The number of ether oxygens (including phenoxy) is 2. The number of fused-ring (bicyclic) bond motifs is 1. The third-order valence-electron chi connectivity index (χ3n) is 10.1. The summed E-state index contributed by atoms with van der Waals surface area (Å²) in [4.78, 5) is 48.7. The maximum atomic E-state index is 15.0. The lowest BCUT2D eigenvalue weighted by molar-refractivity contribution is -0.160. The number of hydrogen-bond donors (Lipinski definition) is 1. The fraction of sp³-hybridized carbons (Fsp3) is 0.486. The molecule has 2 bridgehead atoms. The first-order valence-corrected chi connectivity index (χ1v) is 16.4. The number of benzene rings is 2. The molecule has 1 N–H and O–H groups in total. The predicted octanol–water partition coefficient (Wildman–Crippen LogP) is 4.54. The van der Waals surface area contributed by atoms with Crippen molar-refractivity contribution in [1.29, 1.82) is 0 Å². The number of rotatable bonds is 15. The zero-order chi connectivity index (χ0) is 33.1. The van der Waals surface area contributed by atoms with Crippen LogP contribution in [0, 0.1) is 11.8 Å². The van der Waals surface area contributed by atoms with Crippen LogP contribution >= 0.6 is 0 Å². The van der Waals surface area contributed by atoms with Crippen LogP contribution in [0.1, 0.15) is 45.6 Å². The molecule has 9 nitrogen and oxygen atoms in total. The van der Waals surface area contributed by atoms with Gasteiger partial charge in [-0.3, -0.25) is 14.4 Å². The molecule has 0 aliphatic carbocycles. The van der Waals surface area contributed by atoms with Crippen LogP contribution in [0.2, 0.25) is 0 Å². The quantitative estimate of drug-likeness (QED) is 0.176. The second-order valence-electron chi connectivity index (χ2n) is 12.7. The lowest BCUT2D eigenvalue weighted by Crippen LogP contribution is -2.59. The van der Waals surface area contributed by atoms with Crippen LogP contribution in [0.5, 0.6) is 0 Å². The summed E-state index contributed by atoms with van der Waals surface area (Å²) < 4.78 is 12.4. The standard InChI is InChI=1S/C37H47N3O6/c1-6-10-23-45-35(44)31-30-33(42)40(29(25-41)24-26-14-12-11-13-15-26)32(37(30)21-20-36(31,5)46-37)34(43)39(22-7-2)28-18-16-27(17-19-28)38(8-3)9-4/h6-7,11-19,29-32,41H,1-2,8-10,20-25H2,3-5H3/t29-,30+,31+,32?,36-,37?/m1/s1. The topological polar surface area (TPSA) is 99.6 Å². The largest absolute Gasteiger partial charge is 0.465 e. The van der Waals surface area contributed by atoms with Gasteiger partial charge in [0.05, 0.1) is 30.8 Å². The van der Waals surface area contributed by atoms with Gasteiger partial charge in [-0.15, -0.1) is 13.2 Å². The minimum Gasteiger partial charge on any atom is -0.465 e. The van der Waals surface area contributed by atoms with E-state index in [0.29, 0.717) is 31.4 Å². The van der Waals surface area contributed by atoms with Crippen LogP contribution in [-0.4, -0.2) is 83.9 Å². The number of carbonyl (C=O) groups is 3. The van der Waals surface area contributed by atoms with Crippen molar-refractivity contribution < 1.29 is 29.0 Å². The van der Waals surface area contributed by atoms with Crippen molar-refractivity contribution in [3.05, 3.63) is 85.5 Å². The summed E-state index contributed by atoms with van der Waals surface area (Å²) in [5, 5.41) is 10.8. The van der Waals surface area contributed by atoms with Crippen LogP contribution in [0.4, 0.5) is 11.4 Å². The number of hydrogen-bond acceptors (Lipinski definition) is 7. The summed E-state index contributed by atoms with van der Waals surface area (Å²) in [5.41, 5.74) is 0.413. The van der Waals surface area contributed by atoms with Crippen LogP contribution in [0.15, 0.2) is 79.9 Å². The minimum atomic E-state index is -1.25. The molecule has 2 unspecified atom stereocenters. The molecule has 46 heavy (non-hydrogen) atoms. The van der Waals surface area contributed by atoms with Crippen LogP contribution in [0.3, 0.4) is 0 Å². The van der Waals surface area contributed by atoms with Crippen molar-refractivity contribution in [1.82, 2.24) is 4.90 Å². The third kappa shape index (κ3) is 5.75. The van der Waals surface area contributed by atoms with Crippen molar-refractivity contribution in [3.8, 4) is 0 Å². The highest BCUT2D eigenvalue weighted by Gasteiger charge is 2.79. The summed E-state index contributed by atoms with van der Waals surface area (Å²) in [6.45, 7) is 15.4. The summed E-state index contributed by atoms with van der Waals surface area (Å²) >= 11 is 0. The minimum absolute atomic E-state index is 0.152. The van der Waals surface area contributed by atoms with E-state index in [1.54, 1.807) is 17.1 Å². The fourth-order valence-electron chi connectivity index (χ4n) is 7.90. The average molecular weight is 630 g/mol. The van der Waals surface area contributed by atoms with E-state index in [1.165, 1.54) is 4.90 Å². The van der Waals surface area contributed by atoms with Gasteiger partial charge in [0.25, 0.3) is 5.91 Å². The highest BCUT2D eigenvalue weighted by molar-refractivity contribution is 6.05. The Hall–Kier alpha value is -3.95. The molecule has 3 aliphatic rings.